The molecule has 0 aromatic heterocycles. The smallest absolute Gasteiger partial charge is 0.317 e. The largest absolute Gasteiger partial charge is 0.480 e. The van der Waals surface area contributed by atoms with Crippen molar-refractivity contribution >= 4 is 5.97 Å². The Balaban J connectivity index is 2.41. The summed E-state index contributed by atoms with van der Waals surface area (Å²) in [4.78, 5) is 12.6. The van der Waals surface area contributed by atoms with Crippen LogP contribution in [0.5, 0.6) is 0 Å². The van der Waals surface area contributed by atoms with E-state index in [2.05, 4.69) is 11.8 Å². The van der Waals surface area contributed by atoms with E-state index < -0.39 is 5.97 Å². The van der Waals surface area contributed by atoms with Crippen LogP contribution in [0.4, 0.5) is 0 Å². The van der Waals surface area contributed by atoms with Crippen LogP contribution in [-0.2, 0) is 4.79 Å². The number of carboxylic acids is 1. The van der Waals surface area contributed by atoms with Crippen LogP contribution in [0.3, 0.4) is 0 Å². The third kappa shape index (κ3) is 2.48. The number of hydrogen-bond donors (Lipinski definition) is 1. The van der Waals surface area contributed by atoms with Crippen LogP contribution in [0.2, 0.25) is 0 Å². The summed E-state index contributed by atoms with van der Waals surface area (Å²) in [7, 11) is 0. The molecular weight excluding hydrogens is 154 g/mol. The SMILES string of the molecule is CCC1CCCCN1CC(=O)O. The van der Waals surface area contributed by atoms with E-state index in [9.17, 15) is 4.79 Å². The fourth-order valence-corrected chi connectivity index (χ4v) is 1.90. The van der Waals surface area contributed by atoms with Crippen molar-refractivity contribution in [3.8, 4) is 0 Å². The number of rotatable bonds is 3. The van der Waals surface area contributed by atoms with Crippen LogP contribution in [0, 0.1) is 0 Å². The molecule has 0 amide bonds. The van der Waals surface area contributed by atoms with Crippen LogP contribution in [0.1, 0.15) is 32.6 Å². The van der Waals surface area contributed by atoms with Crippen molar-refractivity contribution in [1.82, 2.24) is 4.90 Å². The molecule has 0 spiro atoms. The van der Waals surface area contributed by atoms with E-state index in [-0.39, 0.29) is 6.54 Å². The standard InChI is InChI=1S/C9H17NO2/c1-2-8-5-3-4-6-10(8)7-9(11)12/h8H,2-7H2,1H3,(H,11,12). The molecule has 1 aliphatic rings. The first-order chi connectivity index (χ1) is 5.74. The number of aliphatic carboxylic acids is 1. The van der Waals surface area contributed by atoms with Crippen LogP contribution < -0.4 is 0 Å². The Bertz CT molecular complexity index is 159. The number of hydrogen-bond acceptors (Lipinski definition) is 2. The van der Waals surface area contributed by atoms with Gasteiger partial charge >= 0.3 is 5.97 Å². The summed E-state index contributed by atoms with van der Waals surface area (Å²) < 4.78 is 0. The normalized spacial score (nSPS) is 25.6. The average Bonchev–Trinajstić information content (AvgIpc) is 2.04. The Morgan fingerprint density at radius 1 is 1.58 bits per heavy atom. The van der Waals surface area contributed by atoms with Crippen LogP contribution in [-0.4, -0.2) is 35.1 Å². The number of carboxylic acid groups (broad SMARTS) is 1. The molecule has 1 rings (SSSR count). The van der Waals surface area contributed by atoms with Crippen LogP contribution in [0.25, 0.3) is 0 Å². The molecule has 0 aliphatic carbocycles. The maximum atomic E-state index is 10.5. The quantitative estimate of drug-likeness (QED) is 0.696. The zero-order valence-electron chi connectivity index (χ0n) is 7.62. The van der Waals surface area contributed by atoms with Gasteiger partial charge in [0.05, 0.1) is 6.54 Å². The van der Waals surface area contributed by atoms with Gasteiger partial charge in [-0.15, -0.1) is 0 Å². The van der Waals surface area contributed by atoms with Crippen molar-refractivity contribution in [3.05, 3.63) is 0 Å². The second kappa shape index (κ2) is 4.45. The van der Waals surface area contributed by atoms with Gasteiger partial charge in [-0.05, 0) is 25.8 Å². The van der Waals surface area contributed by atoms with Gasteiger partial charge in [0.1, 0.15) is 0 Å². The van der Waals surface area contributed by atoms with E-state index in [1.54, 1.807) is 0 Å². The molecule has 0 bridgehead atoms. The number of likely N-dealkylation sites (tertiary alicyclic amines) is 1. The van der Waals surface area contributed by atoms with Gasteiger partial charge < -0.3 is 5.11 Å². The maximum absolute atomic E-state index is 10.5. The average molecular weight is 171 g/mol. The minimum Gasteiger partial charge on any atom is -0.480 e. The summed E-state index contributed by atoms with van der Waals surface area (Å²) in [6.07, 6.45) is 4.66. The number of carbonyl (C=O) groups is 1. The number of nitrogens with zero attached hydrogens (tertiary/aromatic N) is 1. The zero-order valence-corrected chi connectivity index (χ0v) is 7.62. The van der Waals surface area contributed by atoms with E-state index in [0.717, 1.165) is 19.4 Å². The van der Waals surface area contributed by atoms with Gasteiger partial charge in [0, 0.05) is 6.04 Å². The predicted molar refractivity (Wildman–Crippen MR) is 47.1 cm³/mol. The third-order valence-electron chi connectivity index (χ3n) is 2.56. The van der Waals surface area contributed by atoms with Gasteiger partial charge in [-0.1, -0.05) is 13.3 Å². The summed E-state index contributed by atoms with van der Waals surface area (Å²) in [5.74, 6) is -0.699. The lowest BCUT2D eigenvalue weighted by atomic mass is 10.0. The van der Waals surface area contributed by atoms with E-state index in [1.807, 2.05) is 0 Å². The minimum atomic E-state index is -0.699. The molecule has 0 aromatic carbocycles. The summed E-state index contributed by atoms with van der Waals surface area (Å²) in [5.41, 5.74) is 0. The van der Waals surface area contributed by atoms with Gasteiger partial charge in [0.2, 0.25) is 0 Å². The lowest BCUT2D eigenvalue weighted by molar-refractivity contribution is -0.139. The van der Waals surface area contributed by atoms with E-state index in [4.69, 9.17) is 5.11 Å². The molecule has 3 nitrogen and oxygen atoms in total. The highest BCUT2D eigenvalue weighted by Crippen LogP contribution is 2.18. The molecule has 1 unspecified atom stereocenters. The Hall–Kier alpha value is -0.570. The van der Waals surface area contributed by atoms with Crippen molar-refractivity contribution in [2.24, 2.45) is 0 Å². The molecule has 12 heavy (non-hydrogen) atoms. The molecule has 3 heteroatoms. The van der Waals surface area contributed by atoms with Gasteiger partial charge in [-0.2, -0.15) is 0 Å². The highest BCUT2D eigenvalue weighted by Gasteiger charge is 2.21. The van der Waals surface area contributed by atoms with Crippen LogP contribution >= 0.6 is 0 Å². The van der Waals surface area contributed by atoms with E-state index in [0.29, 0.717) is 6.04 Å². The first kappa shape index (κ1) is 9.52. The monoisotopic (exact) mass is 171 g/mol. The van der Waals surface area contributed by atoms with Gasteiger partial charge in [0.15, 0.2) is 0 Å². The van der Waals surface area contributed by atoms with Crippen molar-refractivity contribution in [2.75, 3.05) is 13.1 Å². The highest BCUT2D eigenvalue weighted by atomic mass is 16.4. The molecule has 0 saturated carbocycles. The molecule has 1 heterocycles. The molecule has 1 saturated heterocycles. The second-order valence-corrected chi connectivity index (χ2v) is 3.42. The van der Waals surface area contributed by atoms with E-state index in [1.165, 1.54) is 12.8 Å². The van der Waals surface area contributed by atoms with Gasteiger partial charge in [-0.25, -0.2) is 0 Å². The first-order valence-electron chi connectivity index (χ1n) is 4.70. The molecular formula is C9H17NO2. The van der Waals surface area contributed by atoms with Crippen molar-refractivity contribution in [3.63, 3.8) is 0 Å². The van der Waals surface area contributed by atoms with Gasteiger partial charge in [0.25, 0.3) is 0 Å². The zero-order chi connectivity index (χ0) is 8.97. The second-order valence-electron chi connectivity index (χ2n) is 3.42. The summed E-state index contributed by atoms with van der Waals surface area (Å²) in [5, 5.41) is 8.64. The van der Waals surface area contributed by atoms with Crippen LogP contribution in [0.15, 0.2) is 0 Å². The fraction of sp³-hybridized carbons (Fsp3) is 0.889. The Kier molecular flexibility index (Phi) is 3.53. The fourth-order valence-electron chi connectivity index (χ4n) is 1.90. The molecule has 1 fully saturated rings. The van der Waals surface area contributed by atoms with Crippen molar-refractivity contribution in [2.45, 2.75) is 38.6 Å². The minimum absolute atomic E-state index is 0.221. The van der Waals surface area contributed by atoms with Gasteiger partial charge in [-0.3, -0.25) is 9.69 Å². The Labute approximate surface area is 73.4 Å². The Morgan fingerprint density at radius 3 is 2.92 bits per heavy atom. The molecule has 1 N–H and O–H groups in total. The predicted octanol–water partition coefficient (Wildman–Crippen LogP) is 1.34. The summed E-state index contributed by atoms with van der Waals surface area (Å²) >= 11 is 0. The Morgan fingerprint density at radius 2 is 2.33 bits per heavy atom. The molecule has 1 aliphatic heterocycles. The van der Waals surface area contributed by atoms with Crippen molar-refractivity contribution in [1.29, 1.82) is 0 Å². The number of piperidine rings is 1. The summed E-state index contributed by atoms with van der Waals surface area (Å²) in [6.45, 7) is 3.31. The molecule has 0 aromatic rings. The molecule has 1 atom stereocenters. The summed E-state index contributed by atoms with van der Waals surface area (Å²) in [6, 6.07) is 0.509. The third-order valence-corrected chi connectivity index (χ3v) is 2.56. The maximum Gasteiger partial charge on any atom is 0.317 e. The van der Waals surface area contributed by atoms with Crippen molar-refractivity contribution < 1.29 is 9.90 Å². The lowest BCUT2D eigenvalue weighted by Gasteiger charge is -2.33. The highest BCUT2D eigenvalue weighted by molar-refractivity contribution is 5.69. The van der Waals surface area contributed by atoms with E-state index >= 15 is 0 Å². The molecule has 0 radical (unpaired) electrons. The topological polar surface area (TPSA) is 40.5 Å². The molecule has 70 valence electrons. The first-order valence-corrected chi connectivity index (χ1v) is 4.70. The lowest BCUT2D eigenvalue weighted by Crippen LogP contribution is -2.42.